The average molecular weight is 504 g/mol. The normalized spacial score (nSPS) is 12.0. The van der Waals surface area contributed by atoms with E-state index in [1.165, 1.54) is 22.9 Å². The number of rotatable bonds is 8. The first-order valence-electron chi connectivity index (χ1n) is 9.35. The maximum atomic E-state index is 12.5. The first-order chi connectivity index (χ1) is 15.0. The number of sulfonamides is 1. The Kier molecular flexibility index (Phi) is 7.71. The maximum absolute atomic E-state index is 12.5. The Morgan fingerprint density at radius 1 is 0.844 bits per heavy atom. The molecular weight excluding hydrogens is 486 g/mol. The van der Waals surface area contributed by atoms with Crippen molar-refractivity contribution in [2.75, 3.05) is 11.3 Å². The molecule has 0 aliphatic carbocycles. The zero-order valence-corrected chi connectivity index (χ0v) is 18.8. The van der Waals surface area contributed by atoms with E-state index in [0.717, 1.165) is 16.7 Å². The highest BCUT2D eigenvalue weighted by Gasteiger charge is 2.46. The molecule has 3 aromatic rings. The number of halogens is 5. The molecule has 0 aliphatic heterocycles. The number of alkyl halides is 3. The molecule has 3 rings (SSSR count). The summed E-state index contributed by atoms with van der Waals surface area (Å²) in [5.41, 5.74) is -2.03. The largest absolute Gasteiger partial charge is 0.516 e. The van der Waals surface area contributed by atoms with E-state index in [4.69, 9.17) is 27.9 Å². The van der Waals surface area contributed by atoms with Gasteiger partial charge in [0.25, 0.3) is 0 Å². The number of hydrogen-bond donors (Lipinski definition) is 1. The van der Waals surface area contributed by atoms with E-state index in [0.29, 0.717) is 35.2 Å². The first kappa shape index (κ1) is 24.4. The number of ether oxygens (including phenoxy) is 1. The van der Waals surface area contributed by atoms with Crippen molar-refractivity contribution < 1.29 is 26.3 Å². The van der Waals surface area contributed by atoms with E-state index in [9.17, 15) is 21.6 Å². The fraction of sp³-hybridized carbons (Fsp3) is 0.182. The highest BCUT2D eigenvalue weighted by Crippen LogP contribution is 2.29. The average Bonchev–Trinajstić information content (AvgIpc) is 2.73. The molecule has 0 spiro atoms. The van der Waals surface area contributed by atoms with Crippen molar-refractivity contribution >= 4 is 38.9 Å². The second-order valence-electron chi connectivity index (χ2n) is 6.88. The molecule has 0 radical (unpaired) electrons. The summed E-state index contributed by atoms with van der Waals surface area (Å²) in [4.78, 5) is 0. The van der Waals surface area contributed by atoms with E-state index < -0.39 is 15.5 Å². The minimum absolute atomic E-state index is 0.155. The summed E-state index contributed by atoms with van der Waals surface area (Å²) in [5.74, 6) is 0. The molecular formula is C22H18Cl2F3NO3S. The minimum Gasteiger partial charge on any atom is -0.376 e. The van der Waals surface area contributed by atoms with Crippen LogP contribution in [0.4, 0.5) is 18.9 Å². The van der Waals surface area contributed by atoms with E-state index in [1.807, 2.05) is 30.3 Å². The molecule has 32 heavy (non-hydrogen) atoms. The minimum atomic E-state index is -5.45. The van der Waals surface area contributed by atoms with Crippen LogP contribution in [-0.2, 0) is 27.8 Å². The standard InChI is InChI=1S/C22H18Cl2F3NO3S/c23-20-9-8-18(13-21(20)24)17-6-4-16(5-7-17)14-31-11-10-15-2-1-3-19(12-15)28-32(29,30)22(25,26)27/h1-9,12-13,28H,10-11,14H2. The second kappa shape index (κ2) is 10.1. The van der Waals surface area contributed by atoms with Crippen LogP contribution in [0.2, 0.25) is 10.0 Å². The van der Waals surface area contributed by atoms with Crippen LogP contribution in [0.5, 0.6) is 0 Å². The van der Waals surface area contributed by atoms with Crippen molar-refractivity contribution in [1.82, 2.24) is 0 Å². The molecule has 0 saturated heterocycles. The van der Waals surface area contributed by atoms with Crippen LogP contribution in [0.25, 0.3) is 11.1 Å². The Labute approximate surface area is 194 Å². The van der Waals surface area contributed by atoms with Crippen LogP contribution in [0, 0.1) is 0 Å². The summed E-state index contributed by atoms with van der Waals surface area (Å²) in [5, 5.41) is 0.968. The highest BCUT2D eigenvalue weighted by molar-refractivity contribution is 7.93. The molecule has 4 nitrogen and oxygen atoms in total. The molecule has 0 aliphatic rings. The van der Waals surface area contributed by atoms with Gasteiger partial charge in [0.15, 0.2) is 0 Å². The van der Waals surface area contributed by atoms with Gasteiger partial charge in [0.1, 0.15) is 0 Å². The zero-order valence-electron chi connectivity index (χ0n) is 16.5. The Morgan fingerprint density at radius 2 is 1.53 bits per heavy atom. The number of anilines is 1. The first-order valence-corrected chi connectivity index (χ1v) is 11.6. The van der Waals surface area contributed by atoms with Gasteiger partial charge < -0.3 is 4.74 Å². The number of nitrogens with one attached hydrogen (secondary N) is 1. The van der Waals surface area contributed by atoms with Gasteiger partial charge >= 0.3 is 15.5 Å². The third-order valence-electron chi connectivity index (χ3n) is 4.49. The fourth-order valence-corrected chi connectivity index (χ4v) is 3.70. The summed E-state index contributed by atoms with van der Waals surface area (Å²) < 4.78 is 67.1. The third kappa shape index (κ3) is 6.38. The Morgan fingerprint density at radius 3 is 2.19 bits per heavy atom. The molecule has 0 atom stereocenters. The predicted octanol–water partition coefficient (Wildman–Crippen LogP) is 6.68. The number of hydrogen-bond acceptors (Lipinski definition) is 3. The van der Waals surface area contributed by atoms with Gasteiger partial charge in [-0.1, -0.05) is 65.7 Å². The lowest BCUT2D eigenvalue weighted by molar-refractivity contribution is -0.0429. The second-order valence-corrected chi connectivity index (χ2v) is 9.37. The van der Waals surface area contributed by atoms with Gasteiger partial charge in [-0.15, -0.1) is 0 Å². The zero-order chi connectivity index (χ0) is 23.4. The van der Waals surface area contributed by atoms with Crippen LogP contribution in [0.1, 0.15) is 11.1 Å². The van der Waals surface area contributed by atoms with Gasteiger partial charge in [-0.3, -0.25) is 4.72 Å². The summed E-state index contributed by atoms with van der Waals surface area (Å²) in [7, 11) is -5.45. The van der Waals surface area contributed by atoms with Crippen molar-refractivity contribution in [3.8, 4) is 11.1 Å². The van der Waals surface area contributed by atoms with E-state index in [-0.39, 0.29) is 5.69 Å². The molecule has 1 N–H and O–H groups in total. The van der Waals surface area contributed by atoms with Crippen molar-refractivity contribution in [3.63, 3.8) is 0 Å². The van der Waals surface area contributed by atoms with E-state index >= 15 is 0 Å². The monoisotopic (exact) mass is 503 g/mol. The molecule has 0 saturated carbocycles. The Hall–Kier alpha value is -2.26. The molecule has 0 amide bonds. The third-order valence-corrected chi connectivity index (χ3v) is 6.35. The van der Waals surface area contributed by atoms with Gasteiger partial charge in [-0.05, 0) is 52.9 Å². The van der Waals surface area contributed by atoms with Gasteiger partial charge in [0, 0.05) is 5.69 Å². The van der Waals surface area contributed by atoms with E-state index in [2.05, 4.69) is 0 Å². The molecule has 10 heteroatoms. The van der Waals surface area contributed by atoms with Gasteiger partial charge in [0.2, 0.25) is 0 Å². The quantitative estimate of drug-likeness (QED) is 0.348. The smallest absolute Gasteiger partial charge is 0.376 e. The molecule has 0 heterocycles. The fourth-order valence-electron chi connectivity index (χ4n) is 2.85. The summed E-state index contributed by atoms with van der Waals surface area (Å²) in [6.07, 6.45) is 0.406. The van der Waals surface area contributed by atoms with Crippen LogP contribution >= 0.6 is 23.2 Å². The van der Waals surface area contributed by atoms with Gasteiger partial charge in [0.05, 0.1) is 23.3 Å². The SMILES string of the molecule is O=S(=O)(Nc1cccc(CCOCc2ccc(-c3ccc(Cl)c(Cl)c3)cc2)c1)C(F)(F)F. The Balaban J connectivity index is 1.52. The highest BCUT2D eigenvalue weighted by atomic mass is 35.5. The lowest BCUT2D eigenvalue weighted by Gasteiger charge is -2.11. The summed E-state index contributed by atoms with van der Waals surface area (Å²) >= 11 is 12.0. The van der Waals surface area contributed by atoms with Crippen LogP contribution in [0.15, 0.2) is 66.7 Å². The molecule has 0 bridgehead atoms. The van der Waals surface area contributed by atoms with Crippen molar-refractivity contribution in [2.24, 2.45) is 0 Å². The molecule has 170 valence electrons. The summed E-state index contributed by atoms with van der Waals surface area (Å²) in [6.45, 7) is 0.659. The molecule has 0 fully saturated rings. The lowest BCUT2D eigenvalue weighted by atomic mass is 10.0. The predicted molar refractivity (Wildman–Crippen MR) is 120 cm³/mol. The van der Waals surface area contributed by atoms with Crippen LogP contribution in [0.3, 0.4) is 0 Å². The maximum Gasteiger partial charge on any atom is 0.516 e. The molecule has 3 aromatic carbocycles. The lowest BCUT2D eigenvalue weighted by Crippen LogP contribution is -2.29. The van der Waals surface area contributed by atoms with Crippen molar-refractivity contribution in [2.45, 2.75) is 18.5 Å². The van der Waals surface area contributed by atoms with Crippen LogP contribution < -0.4 is 4.72 Å². The van der Waals surface area contributed by atoms with Crippen molar-refractivity contribution in [3.05, 3.63) is 87.9 Å². The summed E-state index contributed by atoms with van der Waals surface area (Å²) in [6, 6.07) is 18.9. The van der Waals surface area contributed by atoms with Gasteiger partial charge in [-0.2, -0.15) is 21.6 Å². The molecule has 0 aromatic heterocycles. The molecule has 0 unspecified atom stereocenters. The van der Waals surface area contributed by atoms with Gasteiger partial charge in [-0.25, -0.2) is 0 Å². The van der Waals surface area contributed by atoms with E-state index in [1.54, 1.807) is 18.2 Å². The topological polar surface area (TPSA) is 55.4 Å². The van der Waals surface area contributed by atoms with Crippen LogP contribution in [-0.4, -0.2) is 20.5 Å². The Bertz CT molecular complexity index is 1180. The number of benzene rings is 3. The van der Waals surface area contributed by atoms with Crippen molar-refractivity contribution in [1.29, 1.82) is 0 Å².